The molecular formula is C18H23N3O4S. The van der Waals surface area contributed by atoms with Crippen molar-refractivity contribution in [3.63, 3.8) is 0 Å². The minimum atomic E-state index is -0.671. The summed E-state index contributed by atoms with van der Waals surface area (Å²) < 4.78 is 6.03. The zero-order valence-corrected chi connectivity index (χ0v) is 15.7. The van der Waals surface area contributed by atoms with E-state index in [1.54, 1.807) is 6.92 Å². The molecule has 7 nitrogen and oxygen atoms in total. The third-order valence-electron chi connectivity index (χ3n) is 3.57. The van der Waals surface area contributed by atoms with Crippen molar-refractivity contribution in [2.24, 2.45) is 0 Å². The fourth-order valence-electron chi connectivity index (χ4n) is 2.20. The minimum Gasteiger partial charge on any atom is -0.456 e. The monoisotopic (exact) mass is 377 g/mol. The number of aromatic nitrogens is 1. The molecular weight excluding hydrogens is 354 g/mol. The Kier molecular flexibility index (Phi) is 7.53. The SMILES string of the molecule is CCCNC(=O)[C@H](C)NC(=O)COC(=O)CCc1nc2ccccc2s1. The molecule has 8 heteroatoms. The molecule has 2 N–H and O–H groups in total. The number of thiazole rings is 1. The first-order valence-electron chi connectivity index (χ1n) is 8.56. The summed E-state index contributed by atoms with van der Waals surface area (Å²) in [5.74, 6) is -1.23. The molecule has 0 fully saturated rings. The molecule has 1 atom stereocenters. The minimum absolute atomic E-state index is 0.152. The molecule has 0 aliphatic carbocycles. The van der Waals surface area contributed by atoms with E-state index >= 15 is 0 Å². The molecule has 0 unspecified atom stereocenters. The van der Waals surface area contributed by atoms with Crippen LogP contribution in [0.2, 0.25) is 0 Å². The van der Waals surface area contributed by atoms with Gasteiger partial charge in [-0.25, -0.2) is 4.98 Å². The summed E-state index contributed by atoms with van der Waals surface area (Å²) in [6, 6.07) is 7.10. The number of para-hydroxylation sites is 1. The molecule has 0 saturated heterocycles. The Morgan fingerprint density at radius 3 is 2.77 bits per heavy atom. The molecule has 0 radical (unpaired) electrons. The van der Waals surface area contributed by atoms with E-state index < -0.39 is 24.5 Å². The summed E-state index contributed by atoms with van der Waals surface area (Å²) in [6.07, 6.45) is 1.44. The largest absolute Gasteiger partial charge is 0.456 e. The Labute approximate surface area is 156 Å². The van der Waals surface area contributed by atoms with Crippen LogP contribution in [-0.4, -0.2) is 42.0 Å². The fraction of sp³-hybridized carbons (Fsp3) is 0.444. The molecule has 140 valence electrons. The third kappa shape index (κ3) is 6.11. The van der Waals surface area contributed by atoms with Crippen LogP contribution >= 0.6 is 11.3 Å². The summed E-state index contributed by atoms with van der Waals surface area (Å²) in [5, 5.41) is 6.04. The Morgan fingerprint density at radius 1 is 1.27 bits per heavy atom. The van der Waals surface area contributed by atoms with Gasteiger partial charge in [-0.05, 0) is 25.5 Å². The lowest BCUT2D eigenvalue weighted by atomic mass is 10.3. The van der Waals surface area contributed by atoms with Crippen molar-refractivity contribution in [3.8, 4) is 0 Å². The highest BCUT2D eigenvalue weighted by molar-refractivity contribution is 7.18. The van der Waals surface area contributed by atoms with Gasteiger partial charge in [0.05, 0.1) is 21.6 Å². The van der Waals surface area contributed by atoms with Crippen LogP contribution in [0.1, 0.15) is 31.7 Å². The first-order chi connectivity index (χ1) is 12.5. The number of nitrogens with zero attached hydrogens (tertiary/aromatic N) is 1. The van der Waals surface area contributed by atoms with Gasteiger partial charge in [-0.15, -0.1) is 11.3 Å². The molecule has 26 heavy (non-hydrogen) atoms. The van der Waals surface area contributed by atoms with Gasteiger partial charge in [0, 0.05) is 13.0 Å². The molecule has 0 saturated carbocycles. The molecule has 0 spiro atoms. The normalized spacial score (nSPS) is 11.8. The van der Waals surface area contributed by atoms with Gasteiger partial charge >= 0.3 is 5.97 Å². The first kappa shape index (κ1) is 19.8. The van der Waals surface area contributed by atoms with Crippen molar-refractivity contribution in [3.05, 3.63) is 29.3 Å². The van der Waals surface area contributed by atoms with Crippen LogP contribution in [0.4, 0.5) is 0 Å². The van der Waals surface area contributed by atoms with Gasteiger partial charge in [-0.1, -0.05) is 19.1 Å². The smallest absolute Gasteiger partial charge is 0.306 e. The van der Waals surface area contributed by atoms with E-state index in [1.165, 1.54) is 11.3 Å². The van der Waals surface area contributed by atoms with Crippen molar-refractivity contribution >= 4 is 39.3 Å². The van der Waals surface area contributed by atoms with Crippen LogP contribution < -0.4 is 10.6 Å². The number of fused-ring (bicyclic) bond motifs is 1. The Hall–Kier alpha value is -2.48. The van der Waals surface area contributed by atoms with Gasteiger partial charge < -0.3 is 15.4 Å². The van der Waals surface area contributed by atoms with Gasteiger partial charge in [-0.3, -0.25) is 14.4 Å². The average Bonchev–Trinajstić information content (AvgIpc) is 3.05. The highest BCUT2D eigenvalue weighted by atomic mass is 32.1. The van der Waals surface area contributed by atoms with Crippen LogP contribution in [0.15, 0.2) is 24.3 Å². The summed E-state index contributed by atoms with van der Waals surface area (Å²) in [4.78, 5) is 39.7. The van der Waals surface area contributed by atoms with Crippen LogP contribution in [-0.2, 0) is 25.5 Å². The van der Waals surface area contributed by atoms with Gasteiger partial charge in [0.2, 0.25) is 5.91 Å². The number of ether oxygens (including phenoxy) is 1. The van der Waals surface area contributed by atoms with Crippen LogP contribution in [0.5, 0.6) is 0 Å². The van der Waals surface area contributed by atoms with E-state index in [0.717, 1.165) is 21.6 Å². The van der Waals surface area contributed by atoms with Crippen molar-refractivity contribution in [1.82, 2.24) is 15.6 Å². The van der Waals surface area contributed by atoms with Crippen LogP contribution in [0.25, 0.3) is 10.2 Å². The Balaban J connectivity index is 1.69. The Bertz CT molecular complexity index is 742. The lowest BCUT2D eigenvalue weighted by Gasteiger charge is -2.13. The third-order valence-corrected chi connectivity index (χ3v) is 4.66. The van der Waals surface area contributed by atoms with E-state index in [-0.39, 0.29) is 12.3 Å². The van der Waals surface area contributed by atoms with Gasteiger partial charge in [0.1, 0.15) is 6.04 Å². The molecule has 1 aromatic carbocycles. The summed E-state index contributed by atoms with van der Waals surface area (Å²) in [6.45, 7) is 3.68. The maximum atomic E-state index is 11.8. The van der Waals surface area contributed by atoms with Crippen molar-refractivity contribution in [2.75, 3.05) is 13.2 Å². The van der Waals surface area contributed by atoms with E-state index in [1.807, 2.05) is 31.2 Å². The summed E-state index contributed by atoms with van der Waals surface area (Å²) in [5.41, 5.74) is 0.913. The second kappa shape index (κ2) is 9.86. The van der Waals surface area contributed by atoms with E-state index in [4.69, 9.17) is 4.74 Å². The molecule has 0 bridgehead atoms. The van der Waals surface area contributed by atoms with E-state index in [0.29, 0.717) is 13.0 Å². The van der Waals surface area contributed by atoms with Gasteiger partial charge in [0.15, 0.2) is 6.61 Å². The predicted octanol–water partition coefficient (Wildman–Crippen LogP) is 1.80. The maximum absolute atomic E-state index is 11.8. The summed E-state index contributed by atoms with van der Waals surface area (Å²) in [7, 11) is 0. The highest BCUT2D eigenvalue weighted by Crippen LogP contribution is 2.22. The lowest BCUT2D eigenvalue weighted by Crippen LogP contribution is -2.46. The number of hydrogen-bond acceptors (Lipinski definition) is 6. The number of amides is 2. The van der Waals surface area contributed by atoms with Gasteiger partial charge in [0.25, 0.3) is 5.91 Å². The van der Waals surface area contributed by atoms with E-state index in [9.17, 15) is 14.4 Å². The van der Waals surface area contributed by atoms with E-state index in [2.05, 4.69) is 15.6 Å². The maximum Gasteiger partial charge on any atom is 0.306 e. The lowest BCUT2D eigenvalue weighted by molar-refractivity contribution is -0.148. The Morgan fingerprint density at radius 2 is 2.04 bits per heavy atom. The van der Waals surface area contributed by atoms with Crippen LogP contribution in [0, 0.1) is 0 Å². The quantitative estimate of drug-likeness (QED) is 0.650. The molecule has 2 rings (SSSR count). The number of esters is 1. The number of rotatable bonds is 9. The molecule has 2 aromatic rings. The zero-order valence-electron chi connectivity index (χ0n) is 14.9. The molecule has 1 heterocycles. The number of hydrogen-bond donors (Lipinski definition) is 2. The van der Waals surface area contributed by atoms with Gasteiger partial charge in [-0.2, -0.15) is 0 Å². The summed E-state index contributed by atoms with van der Waals surface area (Å²) >= 11 is 1.54. The second-order valence-electron chi connectivity index (χ2n) is 5.82. The molecule has 0 aliphatic rings. The second-order valence-corrected chi connectivity index (χ2v) is 6.93. The molecule has 1 aromatic heterocycles. The average molecular weight is 377 g/mol. The number of carbonyl (C=O) groups is 3. The fourth-order valence-corrected chi connectivity index (χ4v) is 3.17. The number of aryl methyl sites for hydroxylation is 1. The predicted molar refractivity (Wildman–Crippen MR) is 99.8 cm³/mol. The first-order valence-corrected chi connectivity index (χ1v) is 9.38. The number of nitrogens with one attached hydrogen (secondary N) is 2. The highest BCUT2D eigenvalue weighted by Gasteiger charge is 2.16. The number of benzene rings is 1. The van der Waals surface area contributed by atoms with Crippen LogP contribution in [0.3, 0.4) is 0 Å². The van der Waals surface area contributed by atoms with Crippen molar-refractivity contribution in [1.29, 1.82) is 0 Å². The molecule has 2 amide bonds. The number of carbonyl (C=O) groups excluding carboxylic acids is 3. The standard InChI is InChI=1S/C18H23N3O4S/c1-3-10-19-18(24)12(2)20-15(22)11-25-17(23)9-8-16-21-13-6-4-5-7-14(13)26-16/h4-7,12H,3,8-11H2,1-2H3,(H,19,24)(H,20,22)/t12-/m0/s1. The van der Waals surface area contributed by atoms with Crippen molar-refractivity contribution in [2.45, 2.75) is 39.2 Å². The zero-order chi connectivity index (χ0) is 18.9. The molecule has 0 aliphatic heterocycles. The topological polar surface area (TPSA) is 97.4 Å². The van der Waals surface area contributed by atoms with Crippen molar-refractivity contribution < 1.29 is 19.1 Å².